The molecular formula is C20H28O3. The van der Waals surface area contributed by atoms with Gasteiger partial charge in [-0.3, -0.25) is 9.59 Å². The van der Waals surface area contributed by atoms with E-state index in [1.807, 2.05) is 6.08 Å². The van der Waals surface area contributed by atoms with Gasteiger partial charge in [-0.2, -0.15) is 0 Å². The molecule has 0 amide bonds. The molecular weight excluding hydrogens is 288 g/mol. The fourth-order valence-corrected chi connectivity index (χ4v) is 3.66. The molecule has 1 saturated heterocycles. The van der Waals surface area contributed by atoms with E-state index in [0.717, 1.165) is 38.4 Å². The Morgan fingerprint density at radius 2 is 2.13 bits per heavy atom. The normalized spacial score (nSPS) is 28.1. The van der Waals surface area contributed by atoms with Gasteiger partial charge in [-0.05, 0) is 64.7 Å². The smallest absolute Gasteiger partial charge is 0.313 e. The molecule has 0 bridgehead atoms. The largest absolute Gasteiger partial charge is 0.465 e. The average Bonchev–Trinajstić information content (AvgIpc) is 2.59. The van der Waals surface area contributed by atoms with Gasteiger partial charge in [0.1, 0.15) is 6.29 Å². The summed E-state index contributed by atoms with van der Waals surface area (Å²) in [5.74, 6) is -0.0501. The summed E-state index contributed by atoms with van der Waals surface area (Å²) in [7, 11) is 0. The van der Waals surface area contributed by atoms with E-state index < -0.39 is 0 Å². The molecule has 0 saturated carbocycles. The van der Waals surface area contributed by atoms with Gasteiger partial charge in [-0.25, -0.2) is 0 Å². The highest BCUT2D eigenvalue weighted by Gasteiger charge is 2.41. The topological polar surface area (TPSA) is 43.4 Å². The predicted octanol–water partition coefficient (Wildman–Crippen LogP) is 4.39. The highest BCUT2D eigenvalue weighted by Crippen LogP contribution is 2.39. The number of ether oxygens (including phenoxy) is 1. The first-order valence-electron chi connectivity index (χ1n) is 8.63. The molecule has 3 heteroatoms. The summed E-state index contributed by atoms with van der Waals surface area (Å²) >= 11 is 0. The van der Waals surface area contributed by atoms with Gasteiger partial charge in [0, 0.05) is 5.57 Å². The van der Waals surface area contributed by atoms with E-state index in [4.69, 9.17) is 4.74 Å². The minimum absolute atomic E-state index is 0.208. The molecule has 0 aromatic carbocycles. The third kappa shape index (κ3) is 4.66. The van der Waals surface area contributed by atoms with Crippen molar-refractivity contribution >= 4 is 12.3 Å². The fraction of sp³-hybridized carbons (Fsp3) is 0.600. The second-order valence-electron chi connectivity index (χ2n) is 7.04. The maximum Gasteiger partial charge on any atom is 0.313 e. The molecule has 0 radical (unpaired) electrons. The Labute approximate surface area is 139 Å². The van der Waals surface area contributed by atoms with Crippen LogP contribution >= 0.6 is 0 Å². The Hall–Kier alpha value is -1.64. The monoisotopic (exact) mass is 316 g/mol. The molecule has 0 spiro atoms. The van der Waals surface area contributed by atoms with Gasteiger partial charge in [-0.1, -0.05) is 29.4 Å². The molecule has 3 unspecified atom stereocenters. The number of aldehydes is 1. The van der Waals surface area contributed by atoms with Gasteiger partial charge in [-0.15, -0.1) is 0 Å². The van der Waals surface area contributed by atoms with E-state index in [-0.39, 0.29) is 17.8 Å². The van der Waals surface area contributed by atoms with E-state index in [9.17, 15) is 9.59 Å². The summed E-state index contributed by atoms with van der Waals surface area (Å²) in [6.45, 7) is 6.83. The van der Waals surface area contributed by atoms with Crippen LogP contribution in [0.5, 0.6) is 0 Å². The Balaban J connectivity index is 2.24. The van der Waals surface area contributed by atoms with Crippen LogP contribution in [0.15, 0.2) is 34.9 Å². The minimum Gasteiger partial charge on any atom is -0.465 e. The predicted molar refractivity (Wildman–Crippen MR) is 91.8 cm³/mol. The number of fused-ring (bicyclic) bond motifs is 1. The number of esters is 1. The molecule has 1 fully saturated rings. The number of carbonyl (C=O) groups is 2. The Morgan fingerprint density at radius 1 is 1.35 bits per heavy atom. The van der Waals surface area contributed by atoms with Crippen LogP contribution in [0.2, 0.25) is 0 Å². The van der Waals surface area contributed by atoms with Gasteiger partial charge in [0.05, 0.1) is 12.5 Å². The first-order chi connectivity index (χ1) is 11.0. The van der Waals surface area contributed by atoms with E-state index >= 15 is 0 Å². The number of allylic oxidation sites excluding steroid dienone is 5. The lowest BCUT2D eigenvalue weighted by Gasteiger charge is -2.37. The van der Waals surface area contributed by atoms with Crippen LogP contribution in [0.1, 0.15) is 52.9 Å². The molecule has 3 atom stereocenters. The van der Waals surface area contributed by atoms with Crippen molar-refractivity contribution in [2.45, 2.75) is 52.9 Å². The lowest BCUT2D eigenvalue weighted by molar-refractivity contribution is -0.160. The van der Waals surface area contributed by atoms with Crippen LogP contribution in [-0.4, -0.2) is 18.9 Å². The lowest BCUT2D eigenvalue weighted by atomic mass is 9.72. The molecule has 126 valence electrons. The fourth-order valence-electron chi connectivity index (χ4n) is 3.66. The number of rotatable bonds is 4. The Kier molecular flexibility index (Phi) is 6.37. The molecule has 0 N–H and O–H groups in total. The van der Waals surface area contributed by atoms with Crippen molar-refractivity contribution in [3.05, 3.63) is 34.9 Å². The van der Waals surface area contributed by atoms with Crippen molar-refractivity contribution < 1.29 is 14.3 Å². The number of carbonyl (C=O) groups excluding carboxylic acids is 2. The van der Waals surface area contributed by atoms with Gasteiger partial charge < -0.3 is 4.74 Å². The quantitative estimate of drug-likeness (QED) is 0.439. The first kappa shape index (κ1) is 17.7. The molecule has 23 heavy (non-hydrogen) atoms. The van der Waals surface area contributed by atoms with E-state index in [1.54, 1.807) is 0 Å². The number of hydrogen-bond acceptors (Lipinski definition) is 3. The van der Waals surface area contributed by atoms with Crippen LogP contribution in [0, 0.1) is 17.8 Å². The molecule has 1 aliphatic carbocycles. The van der Waals surface area contributed by atoms with Crippen LogP contribution in [0.4, 0.5) is 0 Å². The third-order valence-electron chi connectivity index (χ3n) is 5.00. The van der Waals surface area contributed by atoms with Crippen molar-refractivity contribution in [1.82, 2.24) is 0 Å². The molecule has 2 rings (SSSR count). The van der Waals surface area contributed by atoms with Crippen molar-refractivity contribution in [2.75, 3.05) is 6.61 Å². The lowest BCUT2D eigenvalue weighted by Crippen LogP contribution is -2.40. The summed E-state index contributed by atoms with van der Waals surface area (Å²) in [6, 6.07) is 0. The van der Waals surface area contributed by atoms with Gasteiger partial charge >= 0.3 is 5.97 Å². The van der Waals surface area contributed by atoms with E-state index in [0.29, 0.717) is 18.1 Å². The third-order valence-corrected chi connectivity index (χ3v) is 5.00. The molecule has 3 nitrogen and oxygen atoms in total. The standard InChI is InChI=1S/C20H28O3/c1-14(2)6-4-9-17-13-23-20(22)19-16(12-21)8-5-7-15(3)10-11-18(17)19/h6-8,12,17-19H,4-5,9-11,13H2,1-3H3. The molecule has 1 heterocycles. The van der Waals surface area contributed by atoms with Gasteiger partial charge in [0.15, 0.2) is 0 Å². The van der Waals surface area contributed by atoms with Crippen molar-refractivity contribution in [3.63, 3.8) is 0 Å². The zero-order chi connectivity index (χ0) is 16.8. The Morgan fingerprint density at radius 3 is 2.83 bits per heavy atom. The summed E-state index contributed by atoms with van der Waals surface area (Å²) in [5.41, 5.74) is 3.27. The van der Waals surface area contributed by atoms with Gasteiger partial charge in [0.25, 0.3) is 0 Å². The Bertz CT molecular complexity index is 535. The molecule has 1 aliphatic heterocycles. The van der Waals surface area contributed by atoms with Crippen LogP contribution in [0.3, 0.4) is 0 Å². The van der Waals surface area contributed by atoms with Gasteiger partial charge in [0.2, 0.25) is 0 Å². The van der Waals surface area contributed by atoms with Crippen LogP contribution < -0.4 is 0 Å². The molecule has 0 aromatic heterocycles. The number of hydrogen-bond donors (Lipinski definition) is 0. The summed E-state index contributed by atoms with van der Waals surface area (Å²) in [6.07, 6.45) is 11.8. The van der Waals surface area contributed by atoms with Crippen molar-refractivity contribution in [1.29, 1.82) is 0 Å². The summed E-state index contributed by atoms with van der Waals surface area (Å²) in [5, 5.41) is 0. The SMILES string of the molecule is CC(C)=CCCC1COC(=O)C2C(C=O)=CCC=C(C)CCC12. The van der Waals surface area contributed by atoms with Crippen molar-refractivity contribution in [2.24, 2.45) is 17.8 Å². The highest BCUT2D eigenvalue weighted by molar-refractivity contribution is 5.87. The van der Waals surface area contributed by atoms with E-state index in [1.165, 1.54) is 11.1 Å². The zero-order valence-electron chi connectivity index (χ0n) is 14.5. The maximum atomic E-state index is 12.3. The first-order valence-corrected chi connectivity index (χ1v) is 8.63. The molecule has 0 aromatic rings. The second kappa shape index (κ2) is 8.28. The van der Waals surface area contributed by atoms with E-state index in [2.05, 4.69) is 32.9 Å². The maximum absolute atomic E-state index is 12.3. The highest BCUT2D eigenvalue weighted by atomic mass is 16.5. The summed E-state index contributed by atoms with van der Waals surface area (Å²) < 4.78 is 5.44. The van der Waals surface area contributed by atoms with Crippen molar-refractivity contribution in [3.8, 4) is 0 Å². The van der Waals surface area contributed by atoms with Crippen LogP contribution in [0.25, 0.3) is 0 Å². The number of cyclic esters (lactones) is 1. The van der Waals surface area contributed by atoms with Crippen LogP contribution in [-0.2, 0) is 14.3 Å². The summed E-state index contributed by atoms with van der Waals surface area (Å²) in [4.78, 5) is 23.9. The zero-order valence-corrected chi connectivity index (χ0v) is 14.5. The minimum atomic E-state index is -0.378. The molecule has 2 aliphatic rings. The second-order valence-corrected chi connectivity index (χ2v) is 7.04. The average molecular weight is 316 g/mol.